The highest BCUT2D eigenvalue weighted by atomic mass is 16.3. The third-order valence-corrected chi connectivity index (χ3v) is 5.93. The summed E-state index contributed by atoms with van der Waals surface area (Å²) in [6.45, 7) is 6.15. The number of hydrogen-bond donors (Lipinski definition) is 2. The second-order valence-corrected chi connectivity index (χ2v) is 6.39. The van der Waals surface area contributed by atoms with E-state index in [0.717, 1.165) is 0 Å². The summed E-state index contributed by atoms with van der Waals surface area (Å²) in [4.78, 5) is 12.1. The Kier molecular flexibility index (Phi) is 1.41. The lowest BCUT2D eigenvalue weighted by Gasteiger charge is -2.47. The van der Waals surface area contributed by atoms with E-state index in [4.69, 9.17) is 0 Å². The normalized spacial score (nSPS) is 60.3. The van der Waals surface area contributed by atoms with E-state index in [9.17, 15) is 15.0 Å². The van der Waals surface area contributed by atoms with E-state index in [2.05, 4.69) is 13.8 Å². The fourth-order valence-electron chi connectivity index (χ4n) is 4.60. The average Bonchev–Trinajstić information content (AvgIpc) is 2.51. The summed E-state index contributed by atoms with van der Waals surface area (Å²) < 4.78 is 0. The number of carbonyl (C=O) groups is 1. The van der Waals surface area contributed by atoms with Gasteiger partial charge in [0, 0.05) is 11.3 Å². The van der Waals surface area contributed by atoms with Gasteiger partial charge in [0.2, 0.25) is 0 Å². The molecule has 3 rings (SSSR count). The molecule has 0 aromatic rings. The first-order valence-electron chi connectivity index (χ1n) is 5.70. The Morgan fingerprint density at radius 1 is 1.27 bits per heavy atom. The molecule has 15 heavy (non-hydrogen) atoms. The Morgan fingerprint density at radius 2 is 1.87 bits per heavy atom. The fraction of sp³-hybridized carbons (Fsp3) is 0.917. The molecule has 3 saturated carbocycles. The molecule has 0 aliphatic heterocycles. The third kappa shape index (κ3) is 0.686. The molecule has 0 spiro atoms. The van der Waals surface area contributed by atoms with Crippen molar-refractivity contribution in [3.8, 4) is 0 Å². The van der Waals surface area contributed by atoms with Crippen molar-refractivity contribution in [3.63, 3.8) is 0 Å². The molecule has 2 N–H and O–H groups in total. The van der Waals surface area contributed by atoms with E-state index < -0.39 is 17.6 Å². The molecule has 5 atom stereocenters. The van der Waals surface area contributed by atoms with Crippen LogP contribution in [0.25, 0.3) is 0 Å². The van der Waals surface area contributed by atoms with Crippen LogP contribution in [-0.2, 0) is 4.79 Å². The van der Waals surface area contributed by atoms with E-state index >= 15 is 0 Å². The number of ketones is 1. The Labute approximate surface area is 89.5 Å². The number of fused-ring (bicyclic) bond motifs is 1. The molecule has 0 aromatic carbocycles. The molecule has 0 radical (unpaired) electrons. The maximum Gasteiger partial charge on any atom is 0.145 e. The van der Waals surface area contributed by atoms with Gasteiger partial charge >= 0.3 is 0 Å². The number of rotatable bonds is 0. The van der Waals surface area contributed by atoms with Crippen molar-refractivity contribution in [3.05, 3.63) is 0 Å². The molecule has 0 amide bonds. The van der Waals surface area contributed by atoms with Crippen LogP contribution < -0.4 is 0 Å². The zero-order chi connectivity index (χ0) is 11.2. The van der Waals surface area contributed by atoms with Crippen molar-refractivity contribution in [1.29, 1.82) is 0 Å². The van der Waals surface area contributed by atoms with Crippen molar-refractivity contribution in [2.75, 3.05) is 0 Å². The van der Waals surface area contributed by atoms with Gasteiger partial charge in [0.15, 0.2) is 0 Å². The second kappa shape index (κ2) is 2.16. The van der Waals surface area contributed by atoms with Crippen LogP contribution in [0, 0.1) is 22.7 Å². The topological polar surface area (TPSA) is 57.5 Å². The Hall–Kier alpha value is -0.410. The van der Waals surface area contributed by atoms with Crippen LogP contribution >= 0.6 is 0 Å². The lowest BCUT2D eigenvalue weighted by Crippen LogP contribution is -2.53. The quantitative estimate of drug-likeness (QED) is 0.620. The molecule has 0 saturated heterocycles. The smallest absolute Gasteiger partial charge is 0.145 e. The minimum Gasteiger partial charge on any atom is -0.392 e. The molecular formula is C12H18O3. The van der Waals surface area contributed by atoms with Crippen molar-refractivity contribution in [2.45, 2.75) is 45.3 Å². The number of carbonyl (C=O) groups excluding carboxylic acids is 1. The molecule has 3 aliphatic rings. The molecular weight excluding hydrogens is 192 g/mol. The largest absolute Gasteiger partial charge is 0.392 e. The minimum absolute atomic E-state index is 0.0605. The molecule has 3 heteroatoms. The lowest BCUT2D eigenvalue weighted by molar-refractivity contribution is -0.149. The Morgan fingerprint density at radius 3 is 2.40 bits per heavy atom. The van der Waals surface area contributed by atoms with Gasteiger partial charge < -0.3 is 10.2 Å². The monoisotopic (exact) mass is 210 g/mol. The van der Waals surface area contributed by atoms with Crippen LogP contribution in [-0.4, -0.2) is 27.7 Å². The van der Waals surface area contributed by atoms with Gasteiger partial charge in [-0.25, -0.2) is 0 Å². The molecule has 0 aromatic heterocycles. The molecule has 2 bridgehead atoms. The van der Waals surface area contributed by atoms with Gasteiger partial charge in [0.05, 0.1) is 17.6 Å². The average molecular weight is 210 g/mol. The minimum atomic E-state index is -0.947. The highest BCUT2D eigenvalue weighted by Gasteiger charge is 2.80. The first kappa shape index (κ1) is 9.79. The summed E-state index contributed by atoms with van der Waals surface area (Å²) in [5.41, 5.74) is -1.44. The van der Waals surface area contributed by atoms with E-state index in [-0.39, 0.29) is 22.5 Å². The highest BCUT2D eigenvalue weighted by Crippen LogP contribution is 2.74. The number of Topliss-reactive ketones (excluding diaryl/α,β-unsaturated/α-hetero) is 1. The maximum atomic E-state index is 12.1. The molecule has 0 heterocycles. The second-order valence-electron chi connectivity index (χ2n) is 6.39. The van der Waals surface area contributed by atoms with Crippen molar-refractivity contribution in [1.82, 2.24) is 0 Å². The SMILES string of the molecule is CC1(C)[C@@H]2C[C@@]3(O)[C@@H](C2=O)[C@H](O)C[C@@]13C. The van der Waals surface area contributed by atoms with Crippen molar-refractivity contribution < 1.29 is 15.0 Å². The first-order chi connectivity index (χ1) is 6.76. The maximum absolute atomic E-state index is 12.1. The van der Waals surface area contributed by atoms with Crippen LogP contribution in [0.5, 0.6) is 0 Å². The molecule has 3 aliphatic carbocycles. The lowest BCUT2D eigenvalue weighted by atomic mass is 9.58. The summed E-state index contributed by atoms with van der Waals surface area (Å²) in [7, 11) is 0. The zero-order valence-electron chi connectivity index (χ0n) is 9.45. The summed E-state index contributed by atoms with van der Waals surface area (Å²) in [6, 6.07) is 0. The predicted octanol–water partition coefficient (Wildman–Crippen LogP) is 0.733. The number of hydrogen-bond acceptors (Lipinski definition) is 3. The van der Waals surface area contributed by atoms with Gasteiger partial charge in [-0.15, -0.1) is 0 Å². The third-order valence-electron chi connectivity index (χ3n) is 5.93. The van der Waals surface area contributed by atoms with E-state index in [0.29, 0.717) is 12.8 Å². The standard InChI is InChI=1S/C12H18O3/c1-10(2)6-4-12(15)8(9(6)14)7(13)5-11(10,12)3/h6-8,13,15H,4-5H2,1-3H3/t6-,7-,8-,11+,12-/m1/s1. The van der Waals surface area contributed by atoms with Gasteiger partial charge in [-0.1, -0.05) is 20.8 Å². The fourth-order valence-corrected chi connectivity index (χ4v) is 4.60. The summed E-state index contributed by atoms with van der Waals surface area (Å²) in [5.74, 6) is -0.486. The van der Waals surface area contributed by atoms with Crippen molar-refractivity contribution in [2.24, 2.45) is 22.7 Å². The summed E-state index contributed by atoms with van der Waals surface area (Å²) >= 11 is 0. The highest BCUT2D eigenvalue weighted by molar-refractivity contribution is 5.91. The van der Waals surface area contributed by atoms with Crippen LogP contribution in [0.15, 0.2) is 0 Å². The molecule has 3 fully saturated rings. The van der Waals surface area contributed by atoms with E-state index in [1.165, 1.54) is 0 Å². The van der Waals surface area contributed by atoms with Gasteiger partial charge in [-0.05, 0) is 18.3 Å². The van der Waals surface area contributed by atoms with Gasteiger partial charge in [0.1, 0.15) is 5.78 Å². The molecule has 84 valence electrons. The first-order valence-corrected chi connectivity index (χ1v) is 5.70. The summed E-state index contributed by atoms with van der Waals surface area (Å²) in [6.07, 6.45) is 0.472. The van der Waals surface area contributed by atoms with Crippen LogP contribution in [0.3, 0.4) is 0 Å². The number of aliphatic hydroxyl groups is 2. The van der Waals surface area contributed by atoms with Crippen LogP contribution in [0.2, 0.25) is 0 Å². The predicted molar refractivity (Wildman–Crippen MR) is 54.1 cm³/mol. The van der Waals surface area contributed by atoms with E-state index in [1.54, 1.807) is 0 Å². The Balaban J connectivity index is 2.25. The van der Waals surface area contributed by atoms with Crippen molar-refractivity contribution >= 4 is 5.78 Å². The van der Waals surface area contributed by atoms with Crippen LogP contribution in [0.1, 0.15) is 33.6 Å². The summed E-state index contributed by atoms with van der Waals surface area (Å²) in [5, 5.41) is 20.6. The van der Waals surface area contributed by atoms with Gasteiger partial charge in [-0.3, -0.25) is 4.79 Å². The zero-order valence-corrected chi connectivity index (χ0v) is 9.45. The van der Waals surface area contributed by atoms with Gasteiger partial charge in [-0.2, -0.15) is 0 Å². The molecule has 0 unspecified atom stereocenters. The molecule has 3 nitrogen and oxygen atoms in total. The van der Waals surface area contributed by atoms with E-state index in [1.807, 2.05) is 6.92 Å². The van der Waals surface area contributed by atoms with Gasteiger partial charge in [0.25, 0.3) is 0 Å². The van der Waals surface area contributed by atoms with Crippen LogP contribution in [0.4, 0.5) is 0 Å². The number of aliphatic hydroxyl groups excluding tert-OH is 1. The Bertz CT molecular complexity index is 362.